The lowest BCUT2D eigenvalue weighted by atomic mass is 10.0. The number of phenols is 1. The van der Waals surface area contributed by atoms with E-state index in [0.717, 1.165) is 16.7 Å². The zero-order valence-electron chi connectivity index (χ0n) is 15.5. The number of carboxylic acids is 1. The van der Waals surface area contributed by atoms with Crippen LogP contribution in [0.3, 0.4) is 0 Å². The highest BCUT2D eigenvalue weighted by Crippen LogP contribution is 2.29. The predicted molar refractivity (Wildman–Crippen MR) is 105 cm³/mol. The minimum absolute atomic E-state index is 0.159. The minimum atomic E-state index is -1.35. The van der Waals surface area contributed by atoms with E-state index in [1.54, 1.807) is 18.2 Å². The Balaban J connectivity index is 2.26. The van der Waals surface area contributed by atoms with Crippen molar-refractivity contribution >= 4 is 29.4 Å². The Morgan fingerprint density at radius 1 is 1.11 bits per heavy atom. The van der Waals surface area contributed by atoms with Crippen molar-refractivity contribution in [3.8, 4) is 11.5 Å². The second-order valence-electron chi connectivity index (χ2n) is 6.76. The number of phenolic OH excluding ortho intramolecular Hbond substituents is 1. The molecule has 0 atom stereocenters. The Kier molecular flexibility index (Phi) is 5.96. The van der Waals surface area contributed by atoms with Gasteiger partial charge in [0, 0.05) is 5.02 Å². The minimum Gasteiger partial charge on any atom is -0.507 e. The summed E-state index contributed by atoms with van der Waals surface area (Å²) in [5, 5.41) is 19.4. The lowest BCUT2D eigenvalue weighted by Crippen LogP contribution is -2.38. The van der Waals surface area contributed by atoms with Gasteiger partial charge in [0.15, 0.2) is 11.4 Å². The third-order valence-corrected chi connectivity index (χ3v) is 4.24. The van der Waals surface area contributed by atoms with Gasteiger partial charge >= 0.3 is 5.97 Å². The van der Waals surface area contributed by atoms with Crippen molar-refractivity contribution in [3.63, 3.8) is 0 Å². The van der Waals surface area contributed by atoms with Gasteiger partial charge in [0.2, 0.25) is 0 Å². The standard InChI is InChI=1S/C21H21ClO5/c1-12-9-14(10-13(2)19(12)27-21(3,4)20(25)26)5-8-17(23)16-7-6-15(22)11-18(16)24/h5-11,24H,1-4H3,(H,25,26). The smallest absolute Gasteiger partial charge is 0.347 e. The molecule has 0 aliphatic carbocycles. The Hall–Kier alpha value is -2.79. The lowest BCUT2D eigenvalue weighted by molar-refractivity contribution is -0.152. The van der Waals surface area contributed by atoms with Crippen LogP contribution in [0.5, 0.6) is 11.5 Å². The number of carbonyl (C=O) groups excluding carboxylic acids is 1. The molecule has 0 saturated carbocycles. The van der Waals surface area contributed by atoms with E-state index < -0.39 is 11.6 Å². The molecule has 2 aromatic carbocycles. The summed E-state index contributed by atoms with van der Waals surface area (Å²) >= 11 is 5.77. The Bertz CT molecular complexity index is 905. The van der Waals surface area contributed by atoms with Crippen molar-refractivity contribution in [2.75, 3.05) is 0 Å². The number of allylic oxidation sites excluding steroid dienone is 1. The summed E-state index contributed by atoms with van der Waals surface area (Å²) in [4.78, 5) is 23.5. The van der Waals surface area contributed by atoms with Crippen LogP contribution in [0.1, 0.15) is 40.9 Å². The van der Waals surface area contributed by atoms with Gasteiger partial charge in [-0.15, -0.1) is 0 Å². The van der Waals surface area contributed by atoms with Crippen LogP contribution in [0.2, 0.25) is 5.02 Å². The fourth-order valence-electron chi connectivity index (χ4n) is 2.51. The number of aromatic hydroxyl groups is 1. The van der Waals surface area contributed by atoms with Crippen LogP contribution < -0.4 is 4.74 Å². The molecule has 0 radical (unpaired) electrons. The molecule has 0 aromatic heterocycles. The first-order valence-corrected chi connectivity index (χ1v) is 8.63. The number of ketones is 1. The van der Waals surface area contributed by atoms with Gasteiger partial charge in [-0.2, -0.15) is 0 Å². The van der Waals surface area contributed by atoms with Crippen molar-refractivity contribution in [3.05, 3.63) is 63.7 Å². The fourth-order valence-corrected chi connectivity index (χ4v) is 2.68. The molecule has 0 unspecified atom stereocenters. The molecule has 27 heavy (non-hydrogen) atoms. The van der Waals surface area contributed by atoms with Crippen molar-refractivity contribution in [2.24, 2.45) is 0 Å². The molecule has 2 N–H and O–H groups in total. The number of halogens is 1. The Labute approximate surface area is 162 Å². The molecule has 0 fully saturated rings. The third kappa shape index (κ3) is 4.89. The number of rotatable bonds is 6. The van der Waals surface area contributed by atoms with Crippen LogP contribution >= 0.6 is 11.6 Å². The molecule has 142 valence electrons. The van der Waals surface area contributed by atoms with Crippen molar-refractivity contribution in [1.82, 2.24) is 0 Å². The number of benzene rings is 2. The number of aryl methyl sites for hydroxylation is 2. The Morgan fingerprint density at radius 2 is 1.70 bits per heavy atom. The lowest BCUT2D eigenvalue weighted by Gasteiger charge is -2.24. The van der Waals surface area contributed by atoms with E-state index in [4.69, 9.17) is 16.3 Å². The molecule has 0 aliphatic heterocycles. The average molecular weight is 389 g/mol. The summed E-state index contributed by atoms with van der Waals surface area (Å²) in [7, 11) is 0. The number of hydrogen-bond acceptors (Lipinski definition) is 4. The first-order chi connectivity index (χ1) is 12.5. The summed E-state index contributed by atoms with van der Waals surface area (Å²) < 4.78 is 5.67. The SMILES string of the molecule is Cc1cc(C=CC(=O)c2ccc(Cl)cc2O)cc(C)c1OC(C)(C)C(=O)O. The molecular formula is C21H21ClO5. The van der Waals surface area contributed by atoms with E-state index in [2.05, 4.69) is 0 Å². The molecule has 0 saturated heterocycles. The van der Waals surface area contributed by atoms with Crippen molar-refractivity contribution in [2.45, 2.75) is 33.3 Å². The molecular weight excluding hydrogens is 368 g/mol. The molecule has 0 spiro atoms. The van der Waals surface area contributed by atoms with Gasteiger partial charge in [-0.05, 0) is 80.8 Å². The van der Waals surface area contributed by atoms with Gasteiger partial charge in [-0.25, -0.2) is 4.79 Å². The highest BCUT2D eigenvalue weighted by Gasteiger charge is 2.30. The predicted octanol–water partition coefficient (Wildman–Crippen LogP) is 4.80. The number of ether oxygens (including phenoxy) is 1. The quantitative estimate of drug-likeness (QED) is 0.548. The topological polar surface area (TPSA) is 83.8 Å². The average Bonchev–Trinajstić information content (AvgIpc) is 2.56. The molecule has 2 rings (SSSR count). The third-order valence-electron chi connectivity index (χ3n) is 4.01. The fraction of sp³-hybridized carbons (Fsp3) is 0.238. The highest BCUT2D eigenvalue weighted by atomic mass is 35.5. The number of carboxylic acid groups (broad SMARTS) is 1. The van der Waals surface area contributed by atoms with Crippen LogP contribution in [0.25, 0.3) is 6.08 Å². The second-order valence-corrected chi connectivity index (χ2v) is 7.20. The number of aliphatic carboxylic acids is 1. The summed E-state index contributed by atoms with van der Waals surface area (Å²) in [6.45, 7) is 6.59. The first kappa shape index (κ1) is 20.5. The maximum Gasteiger partial charge on any atom is 0.347 e. The zero-order chi connectivity index (χ0) is 20.4. The van der Waals surface area contributed by atoms with Crippen LogP contribution in [0.4, 0.5) is 0 Å². The van der Waals surface area contributed by atoms with Gasteiger partial charge in [0.05, 0.1) is 5.56 Å². The maximum absolute atomic E-state index is 12.3. The molecule has 0 aliphatic rings. The summed E-state index contributed by atoms with van der Waals surface area (Å²) in [5.74, 6) is -1.09. The first-order valence-electron chi connectivity index (χ1n) is 8.26. The van der Waals surface area contributed by atoms with E-state index in [1.807, 2.05) is 13.8 Å². The molecule has 6 heteroatoms. The van der Waals surface area contributed by atoms with E-state index in [1.165, 1.54) is 38.1 Å². The van der Waals surface area contributed by atoms with E-state index in [-0.39, 0.29) is 17.1 Å². The van der Waals surface area contributed by atoms with Crippen LogP contribution in [0, 0.1) is 13.8 Å². The van der Waals surface area contributed by atoms with E-state index in [9.17, 15) is 19.8 Å². The largest absolute Gasteiger partial charge is 0.507 e. The molecule has 2 aromatic rings. The number of hydrogen-bond donors (Lipinski definition) is 2. The van der Waals surface area contributed by atoms with Gasteiger partial charge in [-0.1, -0.05) is 17.7 Å². The molecule has 0 heterocycles. The summed E-state index contributed by atoms with van der Waals surface area (Å²) in [6.07, 6.45) is 2.99. The van der Waals surface area contributed by atoms with Gasteiger partial charge in [-0.3, -0.25) is 4.79 Å². The summed E-state index contributed by atoms with van der Waals surface area (Å²) in [5.41, 5.74) is 1.07. The summed E-state index contributed by atoms with van der Waals surface area (Å²) in [6, 6.07) is 7.91. The maximum atomic E-state index is 12.3. The molecule has 0 bridgehead atoms. The molecule has 5 nitrogen and oxygen atoms in total. The monoisotopic (exact) mass is 388 g/mol. The highest BCUT2D eigenvalue weighted by molar-refractivity contribution is 6.31. The van der Waals surface area contributed by atoms with Gasteiger partial charge in [0.25, 0.3) is 0 Å². The molecule has 0 amide bonds. The van der Waals surface area contributed by atoms with Gasteiger partial charge in [0.1, 0.15) is 11.5 Å². The van der Waals surface area contributed by atoms with Crippen molar-refractivity contribution in [1.29, 1.82) is 0 Å². The number of carbonyl (C=O) groups is 2. The van der Waals surface area contributed by atoms with Crippen LogP contribution in [-0.4, -0.2) is 27.6 Å². The van der Waals surface area contributed by atoms with Crippen LogP contribution in [-0.2, 0) is 4.79 Å². The normalized spacial score (nSPS) is 11.6. The van der Waals surface area contributed by atoms with Gasteiger partial charge < -0.3 is 14.9 Å². The zero-order valence-corrected chi connectivity index (χ0v) is 16.3. The second kappa shape index (κ2) is 7.84. The van der Waals surface area contributed by atoms with Crippen LogP contribution in [0.15, 0.2) is 36.4 Å². The van der Waals surface area contributed by atoms with Crippen molar-refractivity contribution < 1.29 is 24.5 Å². The Morgan fingerprint density at radius 3 is 2.22 bits per heavy atom. The van der Waals surface area contributed by atoms with E-state index >= 15 is 0 Å². The van der Waals surface area contributed by atoms with E-state index in [0.29, 0.717) is 10.8 Å².